The van der Waals surface area contributed by atoms with Crippen LogP contribution in [-0.2, 0) is 17.6 Å². The minimum Gasteiger partial charge on any atom is -0.465 e. The van der Waals surface area contributed by atoms with Gasteiger partial charge >= 0.3 is 5.97 Å². The van der Waals surface area contributed by atoms with Crippen LogP contribution in [0.15, 0.2) is 18.2 Å². The zero-order chi connectivity index (χ0) is 26.1. The number of ether oxygens (including phenoxy) is 1. The van der Waals surface area contributed by atoms with E-state index in [1.165, 1.54) is 18.4 Å². The molecule has 0 spiro atoms. The van der Waals surface area contributed by atoms with Crippen molar-refractivity contribution in [1.29, 1.82) is 0 Å². The summed E-state index contributed by atoms with van der Waals surface area (Å²) in [5, 5.41) is 27.7. The van der Waals surface area contributed by atoms with Crippen LogP contribution in [0, 0.1) is 31.6 Å². The van der Waals surface area contributed by atoms with Crippen molar-refractivity contribution in [2.45, 2.75) is 40.0 Å². The Balaban J connectivity index is 1.85. The smallest absolute Gasteiger partial charge is 0.341 e. The molecule has 1 heterocycles. The van der Waals surface area contributed by atoms with E-state index >= 15 is 0 Å². The topological polar surface area (TPSA) is 154 Å². The first-order chi connectivity index (χ1) is 16.3. The second-order valence-electron chi connectivity index (χ2n) is 9.17. The fraction of sp³-hybridized carbons (Fsp3) is 0.409. The summed E-state index contributed by atoms with van der Waals surface area (Å²) in [5.41, 5.74) is -0.145. The van der Waals surface area contributed by atoms with Gasteiger partial charge < -0.3 is 10.1 Å². The van der Waals surface area contributed by atoms with Crippen molar-refractivity contribution in [3.05, 3.63) is 60.0 Å². The van der Waals surface area contributed by atoms with Gasteiger partial charge in [-0.25, -0.2) is 4.79 Å². The Hall–Kier alpha value is -3.45. The number of thiophene rings is 1. The number of benzene rings is 1. The van der Waals surface area contributed by atoms with E-state index in [-0.39, 0.29) is 16.1 Å². The lowest BCUT2D eigenvalue weighted by molar-refractivity contribution is -0.394. The van der Waals surface area contributed by atoms with Crippen molar-refractivity contribution >= 4 is 56.9 Å². The number of carbonyl (C=O) groups is 2. The lowest BCUT2D eigenvalue weighted by Gasteiger charge is -2.33. The highest BCUT2D eigenvalue weighted by Gasteiger charge is 2.34. The van der Waals surface area contributed by atoms with Gasteiger partial charge in [0.1, 0.15) is 5.00 Å². The summed E-state index contributed by atoms with van der Waals surface area (Å²) >= 11 is 6.59. The first kappa shape index (κ1) is 26.2. The number of anilines is 1. The van der Waals surface area contributed by atoms with E-state index < -0.39 is 33.1 Å². The predicted molar refractivity (Wildman–Crippen MR) is 134 cm³/mol. The molecular formula is C22H24N4O7S2. The van der Waals surface area contributed by atoms with E-state index in [2.05, 4.69) is 31.4 Å². The molecular weight excluding hydrogens is 496 g/mol. The largest absolute Gasteiger partial charge is 0.465 e. The molecule has 0 fully saturated rings. The quantitative estimate of drug-likeness (QED) is 0.248. The summed E-state index contributed by atoms with van der Waals surface area (Å²) in [6.45, 7) is 6.54. The number of thiocarbonyl (C=S) groups is 1. The molecule has 1 aromatic carbocycles. The minimum absolute atomic E-state index is 0.102. The van der Waals surface area contributed by atoms with Crippen molar-refractivity contribution in [1.82, 2.24) is 5.32 Å². The van der Waals surface area contributed by atoms with E-state index in [4.69, 9.17) is 17.0 Å². The highest BCUT2D eigenvalue weighted by atomic mass is 32.1. The molecule has 35 heavy (non-hydrogen) atoms. The molecule has 0 saturated carbocycles. The highest BCUT2D eigenvalue weighted by Crippen LogP contribution is 2.44. The lowest BCUT2D eigenvalue weighted by atomic mass is 9.72. The molecule has 3 rings (SSSR count). The van der Waals surface area contributed by atoms with Gasteiger partial charge in [0.25, 0.3) is 17.3 Å². The van der Waals surface area contributed by atoms with Gasteiger partial charge in [-0.1, -0.05) is 20.8 Å². The molecule has 11 nitrogen and oxygen atoms in total. The Morgan fingerprint density at radius 3 is 2.26 bits per heavy atom. The maximum Gasteiger partial charge on any atom is 0.341 e. The summed E-state index contributed by atoms with van der Waals surface area (Å²) in [7, 11) is 1.28. The monoisotopic (exact) mass is 520 g/mol. The van der Waals surface area contributed by atoms with Crippen LogP contribution in [0.1, 0.15) is 58.3 Å². The number of amides is 1. The maximum absolute atomic E-state index is 12.6. The Kier molecular flexibility index (Phi) is 7.50. The number of esters is 1. The van der Waals surface area contributed by atoms with E-state index in [1.54, 1.807) is 0 Å². The van der Waals surface area contributed by atoms with Gasteiger partial charge in [0.05, 0.1) is 34.1 Å². The van der Waals surface area contributed by atoms with Gasteiger partial charge in [0, 0.05) is 17.0 Å². The van der Waals surface area contributed by atoms with Crippen LogP contribution in [0.2, 0.25) is 0 Å². The van der Waals surface area contributed by atoms with Crippen molar-refractivity contribution in [3.8, 4) is 0 Å². The lowest BCUT2D eigenvalue weighted by Crippen LogP contribution is -2.34. The summed E-state index contributed by atoms with van der Waals surface area (Å²) in [5.74, 6) is -0.964. The Bertz CT molecular complexity index is 1200. The first-order valence-corrected chi connectivity index (χ1v) is 11.8. The molecule has 186 valence electrons. The fourth-order valence-corrected chi connectivity index (χ4v) is 5.56. The molecule has 1 atom stereocenters. The van der Waals surface area contributed by atoms with Crippen LogP contribution in [0.3, 0.4) is 0 Å². The van der Waals surface area contributed by atoms with Crippen LogP contribution in [-0.4, -0.2) is 33.9 Å². The number of nitrogens with zero attached hydrogens (tertiary/aromatic N) is 2. The summed E-state index contributed by atoms with van der Waals surface area (Å²) in [6.07, 6.45) is 2.42. The third-order valence-corrected chi connectivity index (χ3v) is 7.29. The summed E-state index contributed by atoms with van der Waals surface area (Å²) in [4.78, 5) is 46.8. The van der Waals surface area contributed by atoms with Crippen molar-refractivity contribution in [2.24, 2.45) is 11.3 Å². The first-order valence-electron chi connectivity index (χ1n) is 10.6. The van der Waals surface area contributed by atoms with Crippen molar-refractivity contribution in [3.63, 3.8) is 0 Å². The Morgan fingerprint density at radius 1 is 1.14 bits per heavy atom. The average Bonchev–Trinajstić information content (AvgIpc) is 3.14. The highest BCUT2D eigenvalue weighted by molar-refractivity contribution is 7.80. The second-order valence-corrected chi connectivity index (χ2v) is 10.7. The Morgan fingerprint density at radius 2 is 1.74 bits per heavy atom. The van der Waals surface area contributed by atoms with E-state index in [0.29, 0.717) is 22.9 Å². The van der Waals surface area contributed by atoms with E-state index in [1.807, 2.05) is 0 Å². The molecule has 2 aromatic rings. The van der Waals surface area contributed by atoms with Crippen LogP contribution in [0.4, 0.5) is 16.4 Å². The molecule has 0 saturated heterocycles. The molecule has 0 bridgehead atoms. The van der Waals surface area contributed by atoms with E-state index in [0.717, 1.165) is 41.5 Å². The summed E-state index contributed by atoms with van der Waals surface area (Å²) < 4.78 is 4.97. The Labute approximate surface area is 210 Å². The molecule has 13 heteroatoms. The number of methoxy groups -OCH3 is 1. The number of rotatable bonds is 5. The average molecular weight is 521 g/mol. The van der Waals surface area contributed by atoms with Gasteiger partial charge in [-0.3, -0.25) is 30.3 Å². The second kappa shape index (κ2) is 10.0. The van der Waals surface area contributed by atoms with Crippen LogP contribution >= 0.6 is 23.6 Å². The fourth-order valence-electron chi connectivity index (χ4n) is 3.98. The molecule has 1 aliphatic carbocycles. The number of nitro groups is 2. The number of hydrogen-bond donors (Lipinski definition) is 2. The molecule has 1 aromatic heterocycles. The van der Waals surface area contributed by atoms with Gasteiger partial charge in [0.2, 0.25) is 0 Å². The van der Waals surface area contributed by atoms with Crippen molar-refractivity contribution in [2.75, 3.05) is 12.4 Å². The number of carbonyl (C=O) groups excluding carboxylic acids is 2. The molecule has 1 unspecified atom stereocenters. The predicted octanol–water partition coefficient (Wildman–Crippen LogP) is 4.63. The van der Waals surface area contributed by atoms with Gasteiger partial charge in [0.15, 0.2) is 5.11 Å². The van der Waals surface area contributed by atoms with Crippen LogP contribution in [0.5, 0.6) is 0 Å². The molecule has 0 aliphatic heterocycles. The number of hydrogen-bond acceptors (Lipinski definition) is 9. The maximum atomic E-state index is 12.6. The van der Waals surface area contributed by atoms with Crippen LogP contribution < -0.4 is 10.6 Å². The summed E-state index contributed by atoms with van der Waals surface area (Å²) in [6, 6.07) is 2.60. The van der Waals surface area contributed by atoms with Gasteiger partial charge in [-0.2, -0.15) is 0 Å². The SMILES string of the molecule is COC(=O)c1c(NC(=S)NC(=O)c2cc([N+](=O)[O-])cc([N+](=O)[O-])c2)sc2c1CCC(C(C)(C)C)C2. The zero-order valence-electron chi connectivity index (χ0n) is 19.5. The standard InChI is InChI=1S/C22H24N4O7S2/c1-22(2,3)12-5-6-15-16(9-12)35-19(17(15)20(28)33-4)24-21(34)23-18(27)11-7-13(25(29)30)10-14(8-11)26(31)32/h7-8,10,12H,5-6,9H2,1-4H3,(H2,23,24,27,34). The number of nitro benzene ring substituents is 2. The molecule has 1 amide bonds. The minimum atomic E-state index is -0.872. The third kappa shape index (κ3) is 5.80. The number of non-ortho nitro benzene ring substituents is 2. The van der Waals surface area contributed by atoms with Gasteiger partial charge in [-0.15, -0.1) is 11.3 Å². The molecule has 2 N–H and O–H groups in total. The van der Waals surface area contributed by atoms with E-state index in [9.17, 15) is 29.8 Å². The number of fused-ring (bicyclic) bond motifs is 1. The van der Waals surface area contributed by atoms with Crippen LogP contribution in [0.25, 0.3) is 0 Å². The number of nitrogens with one attached hydrogen (secondary N) is 2. The normalized spacial score (nSPS) is 15.0. The zero-order valence-corrected chi connectivity index (χ0v) is 21.1. The van der Waals surface area contributed by atoms with Gasteiger partial charge in [-0.05, 0) is 48.4 Å². The molecule has 0 radical (unpaired) electrons. The third-order valence-electron chi connectivity index (χ3n) is 5.92. The van der Waals surface area contributed by atoms with Crippen molar-refractivity contribution < 1.29 is 24.2 Å². The molecule has 1 aliphatic rings.